The molecule has 0 atom stereocenters. The van der Waals surface area contributed by atoms with Crippen molar-refractivity contribution in [1.82, 2.24) is 10.2 Å². The van der Waals surface area contributed by atoms with Crippen LogP contribution in [0.2, 0.25) is 0 Å². The second-order valence-corrected chi connectivity index (χ2v) is 6.70. The van der Waals surface area contributed by atoms with Crippen LogP contribution in [0.15, 0.2) is 58.2 Å². The minimum Gasteiger partial charge on any atom is -0.484 e. The summed E-state index contributed by atoms with van der Waals surface area (Å²) in [5.74, 6) is 1.16. The number of hydrogen-bond donors (Lipinski definition) is 1. The highest BCUT2D eigenvalue weighted by Crippen LogP contribution is 2.19. The Bertz CT molecular complexity index is 878. The summed E-state index contributed by atoms with van der Waals surface area (Å²) in [6.07, 6.45) is 0. The molecule has 2 aromatic carbocycles. The molecule has 6 nitrogen and oxygen atoms in total. The van der Waals surface area contributed by atoms with Crippen molar-refractivity contribution in [3.05, 3.63) is 65.5 Å². The third-order valence-electron chi connectivity index (χ3n) is 3.46. The number of aryl methyl sites for hydroxylation is 2. The average Bonchev–Trinajstić information content (AvgIpc) is 3.07. The minimum absolute atomic E-state index is 0.128. The van der Waals surface area contributed by atoms with Gasteiger partial charge in [-0.25, -0.2) is 0 Å². The molecule has 0 spiro atoms. The van der Waals surface area contributed by atoms with E-state index in [9.17, 15) is 4.79 Å². The van der Waals surface area contributed by atoms with Gasteiger partial charge in [0.15, 0.2) is 6.61 Å². The highest BCUT2D eigenvalue weighted by atomic mass is 32.2. The maximum absolute atomic E-state index is 12.0. The van der Waals surface area contributed by atoms with Gasteiger partial charge in [-0.05, 0) is 43.7 Å². The van der Waals surface area contributed by atoms with Gasteiger partial charge in [-0.3, -0.25) is 4.79 Å². The Morgan fingerprint density at radius 3 is 2.69 bits per heavy atom. The van der Waals surface area contributed by atoms with E-state index in [1.54, 1.807) is 0 Å². The van der Waals surface area contributed by atoms with Crippen molar-refractivity contribution in [1.29, 1.82) is 0 Å². The summed E-state index contributed by atoms with van der Waals surface area (Å²) in [5, 5.41) is 11.0. The number of aromatic nitrogens is 2. The van der Waals surface area contributed by atoms with Gasteiger partial charge in [0, 0.05) is 5.69 Å². The van der Waals surface area contributed by atoms with Gasteiger partial charge in [0.2, 0.25) is 5.91 Å². The number of nitrogens with zero attached hydrogens (tertiary/aromatic N) is 2. The lowest BCUT2D eigenvalue weighted by Crippen LogP contribution is -2.13. The predicted molar refractivity (Wildman–Crippen MR) is 100 cm³/mol. The van der Waals surface area contributed by atoms with E-state index in [4.69, 9.17) is 9.15 Å². The zero-order chi connectivity index (χ0) is 18.4. The van der Waals surface area contributed by atoms with Crippen molar-refractivity contribution in [2.45, 2.75) is 25.7 Å². The molecule has 0 aliphatic rings. The summed E-state index contributed by atoms with van der Waals surface area (Å²) in [5.41, 5.74) is 3.02. The molecule has 1 amide bonds. The SMILES string of the molecule is Cc1ccc(OCc2nnc(SCC(=O)Nc3cccc(C)c3)o2)cc1. The molecule has 0 unspecified atom stereocenters. The quantitative estimate of drug-likeness (QED) is 0.635. The van der Waals surface area contributed by atoms with Gasteiger partial charge in [0.1, 0.15) is 5.75 Å². The highest BCUT2D eigenvalue weighted by Gasteiger charge is 2.10. The van der Waals surface area contributed by atoms with E-state index in [1.807, 2.05) is 62.4 Å². The fraction of sp³-hybridized carbons (Fsp3) is 0.211. The number of ether oxygens (including phenoxy) is 1. The molecule has 134 valence electrons. The summed E-state index contributed by atoms with van der Waals surface area (Å²) >= 11 is 1.19. The van der Waals surface area contributed by atoms with Crippen molar-refractivity contribution in [3.8, 4) is 5.75 Å². The molecule has 0 saturated carbocycles. The van der Waals surface area contributed by atoms with Crippen LogP contribution in [0, 0.1) is 13.8 Å². The molecule has 26 heavy (non-hydrogen) atoms. The van der Waals surface area contributed by atoms with Crippen molar-refractivity contribution >= 4 is 23.4 Å². The molecule has 1 N–H and O–H groups in total. The summed E-state index contributed by atoms with van der Waals surface area (Å²) in [7, 11) is 0. The summed E-state index contributed by atoms with van der Waals surface area (Å²) in [6.45, 7) is 4.18. The smallest absolute Gasteiger partial charge is 0.277 e. The molecule has 0 aliphatic heterocycles. The fourth-order valence-electron chi connectivity index (χ4n) is 2.18. The molecule has 3 aromatic rings. The number of amides is 1. The topological polar surface area (TPSA) is 77.2 Å². The van der Waals surface area contributed by atoms with Crippen LogP contribution in [0.1, 0.15) is 17.0 Å². The molecule has 0 aliphatic carbocycles. The van der Waals surface area contributed by atoms with Crippen LogP contribution in [-0.4, -0.2) is 21.9 Å². The van der Waals surface area contributed by atoms with E-state index < -0.39 is 0 Å². The highest BCUT2D eigenvalue weighted by molar-refractivity contribution is 7.99. The van der Waals surface area contributed by atoms with Gasteiger partial charge in [-0.1, -0.05) is 41.6 Å². The zero-order valence-corrected chi connectivity index (χ0v) is 15.4. The van der Waals surface area contributed by atoms with Crippen LogP contribution in [0.4, 0.5) is 5.69 Å². The van der Waals surface area contributed by atoms with Crippen LogP contribution in [0.3, 0.4) is 0 Å². The molecule has 7 heteroatoms. The van der Waals surface area contributed by atoms with E-state index >= 15 is 0 Å². The molecule has 1 aromatic heterocycles. The van der Waals surface area contributed by atoms with Gasteiger partial charge in [-0.15, -0.1) is 10.2 Å². The monoisotopic (exact) mass is 369 g/mol. The van der Waals surface area contributed by atoms with Crippen LogP contribution >= 0.6 is 11.8 Å². The Labute approximate surface area is 156 Å². The van der Waals surface area contributed by atoms with Crippen LogP contribution in [-0.2, 0) is 11.4 Å². The van der Waals surface area contributed by atoms with Crippen molar-refractivity contribution in [2.75, 3.05) is 11.1 Å². The first kappa shape index (κ1) is 18.0. The molecule has 1 heterocycles. The van der Waals surface area contributed by atoms with Crippen molar-refractivity contribution in [2.24, 2.45) is 0 Å². The largest absolute Gasteiger partial charge is 0.484 e. The van der Waals surface area contributed by atoms with Crippen molar-refractivity contribution in [3.63, 3.8) is 0 Å². The summed E-state index contributed by atoms with van der Waals surface area (Å²) in [6, 6.07) is 15.3. The van der Waals surface area contributed by atoms with Crippen LogP contribution < -0.4 is 10.1 Å². The minimum atomic E-state index is -0.128. The lowest BCUT2D eigenvalue weighted by atomic mass is 10.2. The number of carbonyl (C=O) groups is 1. The Hall–Kier alpha value is -2.80. The molecule has 0 bridgehead atoms. The molecule has 0 saturated heterocycles. The second kappa shape index (κ2) is 8.53. The second-order valence-electron chi connectivity index (χ2n) is 5.77. The molecular formula is C19H19N3O3S. The number of rotatable bonds is 7. The van der Waals surface area contributed by atoms with Crippen LogP contribution in [0.5, 0.6) is 5.75 Å². The number of hydrogen-bond acceptors (Lipinski definition) is 6. The van der Waals surface area contributed by atoms with E-state index in [1.165, 1.54) is 11.8 Å². The Morgan fingerprint density at radius 1 is 1.12 bits per heavy atom. The van der Waals surface area contributed by atoms with Gasteiger partial charge >= 0.3 is 0 Å². The molecule has 0 radical (unpaired) electrons. The summed E-state index contributed by atoms with van der Waals surface area (Å²) in [4.78, 5) is 12.0. The van der Waals surface area contributed by atoms with E-state index in [2.05, 4.69) is 15.5 Å². The number of benzene rings is 2. The zero-order valence-electron chi connectivity index (χ0n) is 14.6. The third kappa shape index (κ3) is 5.35. The van der Waals surface area contributed by atoms with Crippen LogP contribution in [0.25, 0.3) is 0 Å². The van der Waals surface area contributed by atoms with E-state index in [-0.39, 0.29) is 18.3 Å². The average molecular weight is 369 g/mol. The summed E-state index contributed by atoms with van der Waals surface area (Å²) < 4.78 is 11.1. The van der Waals surface area contributed by atoms with Gasteiger partial charge in [0.25, 0.3) is 11.1 Å². The first-order valence-electron chi connectivity index (χ1n) is 8.10. The van der Waals surface area contributed by atoms with Gasteiger partial charge in [0.05, 0.1) is 5.75 Å². The first-order chi connectivity index (χ1) is 12.6. The first-order valence-corrected chi connectivity index (χ1v) is 9.08. The molecular weight excluding hydrogens is 350 g/mol. The van der Waals surface area contributed by atoms with Gasteiger partial charge in [-0.2, -0.15) is 0 Å². The predicted octanol–water partition coefficient (Wildman–Crippen LogP) is 4.00. The Kier molecular flexibility index (Phi) is 5.91. The lowest BCUT2D eigenvalue weighted by molar-refractivity contribution is -0.113. The van der Waals surface area contributed by atoms with E-state index in [0.29, 0.717) is 11.1 Å². The molecule has 3 rings (SSSR count). The van der Waals surface area contributed by atoms with Crippen molar-refractivity contribution < 1.29 is 13.9 Å². The fourth-order valence-corrected chi connectivity index (χ4v) is 2.76. The maximum Gasteiger partial charge on any atom is 0.277 e. The number of carbonyl (C=O) groups excluding carboxylic acids is 1. The lowest BCUT2D eigenvalue weighted by Gasteiger charge is -2.04. The van der Waals surface area contributed by atoms with E-state index in [0.717, 1.165) is 22.6 Å². The Balaban J connectivity index is 1.45. The Morgan fingerprint density at radius 2 is 1.92 bits per heavy atom. The number of nitrogens with one attached hydrogen (secondary N) is 1. The standard InChI is InChI=1S/C19H19N3O3S/c1-13-6-8-16(9-7-13)24-11-18-21-22-19(25-18)26-12-17(23)20-15-5-3-4-14(2)10-15/h3-10H,11-12H2,1-2H3,(H,20,23). The molecule has 0 fully saturated rings. The number of thioether (sulfide) groups is 1. The number of anilines is 1. The normalized spacial score (nSPS) is 10.5. The van der Waals surface area contributed by atoms with Gasteiger partial charge < -0.3 is 14.5 Å². The maximum atomic E-state index is 12.0. The third-order valence-corrected chi connectivity index (χ3v) is 4.28.